The zero-order chi connectivity index (χ0) is 12.8. The fourth-order valence-electron chi connectivity index (χ4n) is 1.30. The number of carbonyl (C=O) groups excluding carboxylic acids is 1. The number of halogens is 1. The molecule has 0 heterocycles. The predicted molar refractivity (Wildman–Crippen MR) is 75.4 cm³/mol. The van der Waals surface area contributed by atoms with Crippen LogP contribution in [-0.2, 0) is 4.74 Å². The van der Waals surface area contributed by atoms with Crippen LogP contribution in [0, 0.1) is 9.49 Å². The first kappa shape index (κ1) is 14.3. The number of methoxy groups -OCH3 is 1. The Labute approximate surface area is 116 Å². The summed E-state index contributed by atoms with van der Waals surface area (Å²) < 4.78 is 11.4. The zero-order valence-corrected chi connectivity index (χ0v) is 12.5. The van der Waals surface area contributed by atoms with Crippen LogP contribution < -0.4 is 4.74 Å². The van der Waals surface area contributed by atoms with Crippen molar-refractivity contribution in [1.29, 1.82) is 0 Å². The summed E-state index contributed by atoms with van der Waals surface area (Å²) >= 11 is 2.19. The van der Waals surface area contributed by atoms with Crippen molar-refractivity contribution in [2.75, 3.05) is 13.7 Å². The van der Waals surface area contributed by atoms with Crippen LogP contribution in [0.25, 0.3) is 0 Å². The topological polar surface area (TPSA) is 35.5 Å². The Bertz CT molecular complexity index is 388. The lowest BCUT2D eigenvalue weighted by Gasteiger charge is -2.11. The van der Waals surface area contributed by atoms with Gasteiger partial charge in [0.2, 0.25) is 0 Å². The molecule has 0 spiro atoms. The third-order valence-electron chi connectivity index (χ3n) is 2.30. The van der Waals surface area contributed by atoms with Gasteiger partial charge in [0.05, 0.1) is 13.7 Å². The molecule has 0 amide bonds. The van der Waals surface area contributed by atoms with Crippen LogP contribution in [0.3, 0.4) is 0 Å². The second-order valence-corrected chi connectivity index (χ2v) is 5.41. The highest BCUT2D eigenvalue weighted by Crippen LogP contribution is 2.23. The molecule has 4 heteroatoms. The van der Waals surface area contributed by atoms with E-state index in [-0.39, 0.29) is 5.97 Å². The van der Waals surface area contributed by atoms with E-state index in [0.29, 0.717) is 23.8 Å². The second kappa shape index (κ2) is 6.83. The van der Waals surface area contributed by atoms with Crippen molar-refractivity contribution in [1.82, 2.24) is 0 Å². The number of hydrogen-bond acceptors (Lipinski definition) is 3. The number of ether oxygens (including phenoxy) is 2. The molecule has 0 aliphatic carbocycles. The summed E-state index contributed by atoms with van der Waals surface area (Å²) in [7, 11) is 1.37. The van der Waals surface area contributed by atoms with Gasteiger partial charge in [-0.25, -0.2) is 4.79 Å². The van der Waals surface area contributed by atoms with E-state index in [0.717, 1.165) is 9.99 Å². The average molecular weight is 348 g/mol. The molecule has 17 heavy (non-hydrogen) atoms. The molecule has 0 unspecified atom stereocenters. The van der Waals surface area contributed by atoms with E-state index in [4.69, 9.17) is 9.47 Å². The Morgan fingerprint density at radius 1 is 1.41 bits per heavy atom. The Morgan fingerprint density at radius 2 is 2.12 bits per heavy atom. The standard InChI is InChI=1S/C13H17IO3/c1-9(2)6-7-17-12-8-10(14)4-5-11(12)13(15)16-3/h4-5,8-9H,6-7H2,1-3H3. The summed E-state index contributed by atoms with van der Waals surface area (Å²) in [6.45, 7) is 4.89. The van der Waals surface area contributed by atoms with Crippen molar-refractivity contribution in [3.63, 3.8) is 0 Å². The number of carbonyl (C=O) groups is 1. The van der Waals surface area contributed by atoms with Gasteiger partial charge in [-0.05, 0) is 53.1 Å². The van der Waals surface area contributed by atoms with Crippen LogP contribution in [0.2, 0.25) is 0 Å². The Balaban J connectivity index is 2.80. The minimum absolute atomic E-state index is 0.360. The zero-order valence-electron chi connectivity index (χ0n) is 10.3. The first-order chi connectivity index (χ1) is 8.04. The van der Waals surface area contributed by atoms with Gasteiger partial charge in [-0.2, -0.15) is 0 Å². The van der Waals surface area contributed by atoms with E-state index < -0.39 is 0 Å². The molecule has 1 rings (SSSR count). The molecule has 0 N–H and O–H groups in total. The third kappa shape index (κ3) is 4.53. The molecule has 0 saturated carbocycles. The lowest BCUT2D eigenvalue weighted by Crippen LogP contribution is -2.08. The number of hydrogen-bond donors (Lipinski definition) is 0. The maximum absolute atomic E-state index is 11.5. The van der Waals surface area contributed by atoms with Gasteiger partial charge in [0, 0.05) is 3.57 Å². The SMILES string of the molecule is COC(=O)c1ccc(I)cc1OCCC(C)C. The van der Waals surface area contributed by atoms with Gasteiger partial charge in [0.25, 0.3) is 0 Å². The summed E-state index contributed by atoms with van der Waals surface area (Å²) in [5, 5.41) is 0. The van der Waals surface area contributed by atoms with Crippen molar-refractivity contribution in [2.45, 2.75) is 20.3 Å². The van der Waals surface area contributed by atoms with Gasteiger partial charge in [-0.3, -0.25) is 0 Å². The molecule has 0 aliphatic heterocycles. The fraction of sp³-hybridized carbons (Fsp3) is 0.462. The summed E-state index contributed by atoms with van der Waals surface area (Å²) in [6, 6.07) is 5.45. The summed E-state index contributed by atoms with van der Waals surface area (Å²) in [4.78, 5) is 11.5. The first-order valence-electron chi connectivity index (χ1n) is 5.55. The monoisotopic (exact) mass is 348 g/mol. The van der Waals surface area contributed by atoms with Gasteiger partial charge < -0.3 is 9.47 Å². The van der Waals surface area contributed by atoms with Crippen LogP contribution in [0.1, 0.15) is 30.6 Å². The third-order valence-corrected chi connectivity index (χ3v) is 2.97. The highest BCUT2D eigenvalue weighted by atomic mass is 127. The number of esters is 1. The smallest absolute Gasteiger partial charge is 0.341 e. The van der Waals surface area contributed by atoms with Crippen molar-refractivity contribution in [3.8, 4) is 5.75 Å². The Kier molecular flexibility index (Phi) is 5.74. The van der Waals surface area contributed by atoms with Gasteiger partial charge in [0.15, 0.2) is 0 Å². The Hall–Kier alpha value is -0.780. The molecule has 3 nitrogen and oxygen atoms in total. The highest BCUT2D eigenvalue weighted by Gasteiger charge is 2.13. The Morgan fingerprint density at radius 3 is 2.71 bits per heavy atom. The molecule has 1 aromatic carbocycles. The molecule has 0 aliphatic rings. The summed E-state index contributed by atoms with van der Waals surface area (Å²) in [6.07, 6.45) is 0.964. The van der Waals surface area contributed by atoms with Crippen molar-refractivity contribution < 1.29 is 14.3 Å². The van der Waals surface area contributed by atoms with Gasteiger partial charge in [0.1, 0.15) is 11.3 Å². The van der Waals surface area contributed by atoms with Crippen LogP contribution in [0.5, 0.6) is 5.75 Å². The molecule has 0 saturated heterocycles. The van der Waals surface area contributed by atoms with Gasteiger partial charge in [-0.15, -0.1) is 0 Å². The van der Waals surface area contributed by atoms with Crippen molar-refractivity contribution in [2.24, 2.45) is 5.92 Å². The quantitative estimate of drug-likeness (QED) is 0.604. The van der Waals surface area contributed by atoms with Crippen LogP contribution >= 0.6 is 22.6 Å². The van der Waals surface area contributed by atoms with Gasteiger partial charge in [-0.1, -0.05) is 13.8 Å². The van der Waals surface area contributed by atoms with Crippen LogP contribution in [0.15, 0.2) is 18.2 Å². The van der Waals surface area contributed by atoms with Gasteiger partial charge >= 0.3 is 5.97 Å². The lowest BCUT2D eigenvalue weighted by atomic mass is 10.1. The fourth-order valence-corrected chi connectivity index (χ4v) is 1.76. The first-order valence-corrected chi connectivity index (χ1v) is 6.63. The predicted octanol–water partition coefficient (Wildman–Crippen LogP) is 3.50. The van der Waals surface area contributed by atoms with E-state index in [2.05, 4.69) is 36.4 Å². The van der Waals surface area contributed by atoms with E-state index in [1.54, 1.807) is 6.07 Å². The van der Waals surface area contributed by atoms with Crippen molar-refractivity contribution in [3.05, 3.63) is 27.3 Å². The number of rotatable bonds is 5. The summed E-state index contributed by atoms with van der Waals surface area (Å²) in [5.41, 5.74) is 0.483. The normalized spacial score (nSPS) is 10.4. The molecule has 0 fully saturated rings. The van der Waals surface area contributed by atoms with E-state index in [1.807, 2.05) is 12.1 Å². The summed E-state index contributed by atoms with van der Waals surface area (Å²) in [5.74, 6) is 0.824. The second-order valence-electron chi connectivity index (χ2n) is 4.16. The van der Waals surface area contributed by atoms with Crippen molar-refractivity contribution >= 4 is 28.6 Å². The molecule has 0 bridgehead atoms. The maximum Gasteiger partial charge on any atom is 0.341 e. The minimum atomic E-state index is -0.360. The van der Waals surface area contributed by atoms with E-state index in [9.17, 15) is 4.79 Å². The lowest BCUT2D eigenvalue weighted by molar-refractivity contribution is 0.0596. The molecule has 94 valence electrons. The average Bonchev–Trinajstić information content (AvgIpc) is 2.28. The molecule has 1 aromatic rings. The molecular formula is C13H17IO3. The maximum atomic E-state index is 11.5. The number of benzene rings is 1. The molecule has 0 radical (unpaired) electrons. The van der Waals surface area contributed by atoms with E-state index >= 15 is 0 Å². The molecular weight excluding hydrogens is 331 g/mol. The largest absolute Gasteiger partial charge is 0.493 e. The van der Waals surface area contributed by atoms with E-state index in [1.165, 1.54) is 7.11 Å². The van der Waals surface area contributed by atoms with Crippen LogP contribution in [-0.4, -0.2) is 19.7 Å². The van der Waals surface area contributed by atoms with Crippen LogP contribution in [0.4, 0.5) is 0 Å². The highest BCUT2D eigenvalue weighted by molar-refractivity contribution is 14.1. The molecule has 0 atom stereocenters. The minimum Gasteiger partial charge on any atom is -0.493 e. The molecule has 0 aromatic heterocycles.